The number of hydrogen-bond donors (Lipinski definition) is 1. The Morgan fingerprint density at radius 2 is 2.14 bits per heavy atom. The van der Waals surface area contributed by atoms with Crippen LogP contribution >= 0.6 is 0 Å². The number of hydrogen-bond acceptors (Lipinski definition) is 4. The SMILES string of the molecule is CO[C@@H]1CN[C@H](C(=O)N(C)CCOc2ccc(F)cc2)C1. The van der Waals surface area contributed by atoms with E-state index in [1.807, 2.05) is 0 Å². The van der Waals surface area contributed by atoms with Crippen LogP contribution < -0.4 is 10.1 Å². The van der Waals surface area contributed by atoms with E-state index in [1.54, 1.807) is 31.2 Å². The number of nitrogens with zero attached hydrogens (tertiary/aromatic N) is 1. The van der Waals surface area contributed by atoms with E-state index < -0.39 is 0 Å². The molecule has 1 fully saturated rings. The smallest absolute Gasteiger partial charge is 0.239 e. The molecule has 5 nitrogen and oxygen atoms in total. The van der Waals surface area contributed by atoms with Crippen LogP contribution in [0.1, 0.15) is 6.42 Å². The van der Waals surface area contributed by atoms with Crippen molar-refractivity contribution in [2.75, 3.05) is 33.9 Å². The number of methoxy groups -OCH3 is 1. The van der Waals surface area contributed by atoms with E-state index in [-0.39, 0.29) is 23.9 Å². The second-order valence-electron chi connectivity index (χ2n) is 5.12. The summed E-state index contributed by atoms with van der Waals surface area (Å²) in [5, 5.41) is 3.15. The number of likely N-dealkylation sites (N-methyl/N-ethyl adjacent to an activating group) is 1. The van der Waals surface area contributed by atoms with Gasteiger partial charge in [0.15, 0.2) is 0 Å². The van der Waals surface area contributed by atoms with E-state index in [4.69, 9.17) is 9.47 Å². The molecule has 2 rings (SSSR count). The highest BCUT2D eigenvalue weighted by Gasteiger charge is 2.30. The summed E-state index contributed by atoms with van der Waals surface area (Å²) in [4.78, 5) is 13.8. The number of amides is 1. The van der Waals surface area contributed by atoms with E-state index in [2.05, 4.69) is 5.32 Å². The van der Waals surface area contributed by atoms with Gasteiger partial charge in [-0.05, 0) is 30.7 Å². The molecule has 0 spiro atoms. The minimum Gasteiger partial charge on any atom is -0.492 e. The Kier molecular flexibility index (Phi) is 5.52. The number of halogens is 1. The molecule has 6 heteroatoms. The third-order valence-corrected chi connectivity index (χ3v) is 3.61. The van der Waals surface area contributed by atoms with Crippen molar-refractivity contribution in [3.05, 3.63) is 30.1 Å². The molecule has 0 aromatic heterocycles. The lowest BCUT2D eigenvalue weighted by Gasteiger charge is -2.21. The predicted molar refractivity (Wildman–Crippen MR) is 76.7 cm³/mol. The van der Waals surface area contributed by atoms with E-state index in [9.17, 15) is 9.18 Å². The average Bonchev–Trinajstić information content (AvgIpc) is 2.97. The van der Waals surface area contributed by atoms with Gasteiger partial charge in [0.05, 0.1) is 18.7 Å². The summed E-state index contributed by atoms with van der Waals surface area (Å²) in [5.41, 5.74) is 0. The first-order chi connectivity index (χ1) is 10.1. The van der Waals surface area contributed by atoms with Crippen molar-refractivity contribution in [2.45, 2.75) is 18.6 Å². The van der Waals surface area contributed by atoms with Gasteiger partial charge in [-0.2, -0.15) is 0 Å². The Balaban J connectivity index is 1.72. The van der Waals surface area contributed by atoms with Crippen LogP contribution in [0.15, 0.2) is 24.3 Å². The molecule has 1 amide bonds. The molecule has 1 N–H and O–H groups in total. The fourth-order valence-electron chi connectivity index (χ4n) is 2.28. The summed E-state index contributed by atoms with van der Waals surface area (Å²) in [6, 6.07) is 5.64. The molecule has 0 bridgehead atoms. The zero-order valence-corrected chi connectivity index (χ0v) is 12.3. The summed E-state index contributed by atoms with van der Waals surface area (Å²) in [5.74, 6) is 0.336. The maximum absolute atomic E-state index is 12.8. The van der Waals surface area contributed by atoms with Crippen LogP contribution in [-0.4, -0.2) is 56.8 Å². The van der Waals surface area contributed by atoms with Crippen LogP contribution in [-0.2, 0) is 9.53 Å². The minimum atomic E-state index is -0.297. The van der Waals surface area contributed by atoms with Gasteiger partial charge in [0, 0.05) is 20.7 Å². The average molecular weight is 296 g/mol. The van der Waals surface area contributed by atoms with Crippen molar-refractivity contribution >= 4 is 5.91 Å². The number of carbonyl (C=O) groups excluding carboxylic acids is 1. The van der Waals surface area contributed by atoms with Gasteiger partial charge in [-0.3, -0.25) is 4.79 Å². The van der Waals surface area contributed by atoms with Gasteiger partial charge in [-0.25, -0.2) is 4.39 Å². The van der Waals surface area contributed by atoms with Crippen LogP contribution in [0.3, 0.4) is 0 Å². The van der Waals surface area contributed by atoms with Crippen molar-refractivity contribution in [3.8, 4) is 5.75 Å². The molecule has 1 saturated heterocycles. The number of ether oxygens (including phenoxy) is 2. The molecule has 1 aromatic carbocycles. The van der Waals surface area contributed by atoms with Crippen molar-refractivity contribution < 1.29 is 18.7 Å². The zero-order chi connectivity index (χ0) is 15.2. The zero-order valence-electron chi connectivity index (χ0n) is 12.3. The first-order valence-corrected chi connectivity index (χ1v) is 6.99. The topological polar surface area (TPSA) is 50.8 Å². The minimum absolute atomic E-state index is 0.0391. The molecule has 116 valence electrons. The molecule has 0 radical (unpaired) electrons. The molecule has 1 heterocycles. The second kappa shape index (κ2) is 7.38. The summed E-state index contributed by atoms with van der Waals surface area (Å²) in [6.07, 6.45) is 0.793. The highest BCUT2D eigenvalue weighted by molar-refractivity contribution is 5.82. The van der Waals surface area contributed by atoms with Gasteiger partial charge >= 0.3 is 0 Å². The Labute approximate surface area is 124 Å². The van der Waals surface area contributed by atoms with Crippen LogP contribution in [0.4, 0.5) is 4.39 Å². The molecule has 1 aromatic rings. The quantitative estimate of drug-likeness (QED) is 0.852. The first-order valence-electron chi connectivity index (χ1n) is 6.99. The molecule has 21 heavy (non-hydrogen) atoms. The molecule has 0 aliphatic carbocycles. The third-order valence-electron chi connectivity index (χ3n) is 3.61. The Hall–Kier alpha value is -1.66. The van der Waals surface area contributed by atoms with Crippen LogP contribution in [0.2, 0.25) is 0 Å². The third kappa shape index (κ3) is 4.41. The van der Waals surface area contributed by atoms with E-state index in [0.29, 0.717) is 31.9 Å². The largest absolute Gasteiger partial charge is 0.492 e. The summed E-state index contributed by atoms with van der Waals surface area (Å²) < 4.78 is 23.5. The lowest BCUT2D eigenvalue weighted by atomic mass is 10.2. The number of rotatable bonds is 6. The standard InChI is InChI=1S/C15H21FN2O3/c1-18(15(19)14-9-13(20-2)10-17-14)7-8-21-12-5-3-11(16)4-6-12/h3-6,13-14,17H,7-10H2,1-2H3/t13-,14-/m0/s1. The molecule has 1 aliphatic heterocycles. The van der Waals surface area contributed by atoms with Crippen molar-refractivity contribution in [2.24, 2.45) is 0 Å². The maximum Gasteiger partial charge on any atom is 0.239 e. The van der Waals surface area contributed by atoms with Crippen LogP contribution in [0.25, 0.3) is 0 Å². The van der Waals surface area contributed by atoms with Crippen LogP contribution in [0.5, 0.6) is 5.75 Å². The lowest BCUT2D eigenvalue weighted by molar-refractivity contribution is -0.132. The maximum atomic E-state index is 12.8. The Bertz CT molecular complexity index is 466. The Morgan fingerprint density at radius 1 is 1.43 bits per heavy atom. The van der Waals surface area contributed by atoms with Crippen molar-refractivity contribution in [3.63, 3.8) is 0 Å². The van der Waals surface area contributed by atoms with E-state index >= 15 is 0 Å². The molecule has 1 aliphatic rings. The number of nitrogens with one attached hydrogen (secondary N) is 1. The summed E-state index contributed by atoms with van der Waals surface area (Å²) >= 11 is 0. The molecular weight excluding hydrogens is 275 g/mol. The monoisotopic (exact) mass is 296 g/mol. The number of benzene rings is 1. The van der Waals surface area contributed by atoms with E-state index in [0.717, 1.165) is 0 Å². The molecule has 2 atom stereocenters. The Morgan fingerprint density at radius 3 is 2.76 bits per heavy atom. The highest BCUT2D eigenvalue weighted by Crippen LogP contribution is 2.13. The molecule has 0 unspecified atom stereocenters. The van der Waals surface area contributed by atoms with E-state index in [1.165, 1.54) is 12.1 Å². The second-order valence-corrected chi connectivity index (χ2v) is 5.12. The fourth-order valence-corrected chi connectivity index (χ4v) is 2.28. The normalized spacial score (nSPS) is 21.3. The van der Waals surface area contributed by atoms with Crippen molar-refractivity contribution in [1.82, 2.24) is 10.2 Å². The van der Waals surface area contributed by atoms with Gasteiger partial charge in [0.2, 0.25) is 5.91 Å². The lowest BCUT2D eigenvalue weighted by Crippen LogP contribution is -2.43. The van der Waals surface area contributed by atoms with Crippen LogP contribution in [0, 0.1) is 5.82 Å². The highest BCUT2D eigenvalue weighted by atomic mass is 19.1. The van der Waals surface area contributed by atoms with Gasteiger partial charge in [0.1, 0.15) is 18.2 Å². The van der Waals surface area contributed by atoms with Gasteiger partial charge in [-0.15, -0.1) is 0 Å². The van der Waals surface area contributed by atoms with Gasteiger partial charge < -0.3 is 19.7 Å². The predicted octanol–water partition coefficient (Wildman–Crippen LogP) is 1.04. The molecular formula is C15H21FN2O3. The fraction of sp³-hybridized carbons (Fsp3) is 0.533. The molecule has 0 saturated carbocycles. The van der Waals surface area contributed by atoms with Crippen molar-refractivity contribution in [1.29, 1.82) is 0 Å². The van der Waals surface area contributed by atoms with Gasteiger partial charge in [0.25, 0.3) is 0 Å². The summed E-state index contributed by atoms with van der Waals surface area (Å²) in [7, 11) is 3.40. The first kappa shape index (κ1) is 15.7. The summed E-state index contributed by atoms with van der Waals surface area (Å²) in [6.45, 7) is 1.55. The van der Waals surface area contributed by atoms with Gasteiger partial charge in [-0.1, -0.05) is 0 Å². The number of carbonyl (C=O) groups is 1.